The van der Waals surface area contributed by atoms with Crippen LogP contribution in [0.2, 0.25) is 0 Å². The van der Waals surface area contributed by atoms with Crippen molar-refractivity contribution in [2.45, 2.75) is 6.54 Å². The second-order valence-electron chi connectivity index (χ2n) is 4.27. The SMILES string of the molecule is Cn1c(NCc2ncccc2F)nc2ccccc21. The quantitative estimate of drug-likeness (QED) is 0.783. The van der Waals surface area contributed by atoms with Gasteiger partial charge in [-0.1, -0.05) is 12.1 Å². The first-order valence-corrected chi connectivity index (χ1v) is 6.00. The zero-order chi connectivity index (χ0) is 13.2. The zero-order valence-electron chi connectivity index (χ0n) is 10.5. The molecule has 3 rings (SSSR count). The summed E-state index contributed by atoms with van der Waals surface area (Å²) in [6, 6.07) is 10.8. The number of anilines is 1. The fourth-order valence-electron chi connectivity index (χ4n) is 2.01. The number of para-hydroxylation sites is 2. The summed E-state index contributed by atoms with van der Waals surface area (Å²) in [5, 5.41) is 3.11. The number of imidazole rings is 1. The van der Waals surface area contributed by atoms with Crippen molar-refractivity contribution < 1.29 is 4.39 Å². The minimum atomic E-state index is -0.311. The number of pyridine rings is 1. The molecular weight excluding hydrogens is 243 g/mol. The van der Waals surface area contributed by atoms with Gasteiger partial charge in [-0.3, -0.25) is 4.98 Å². The molecule has 2 heterocycles. The second-order valence-corrected chi connectivity index (χ2v) is 4.27. The Balaban J connectivity index is 1.86. The smallest absolute Gasteiger partial charge is 0.203 e. The molecule has 1 N–H and O–H groups in total. The number of rotatable bonds is 3. The summed E-state index contributed by atoms with van der Waals surface area (Å²) >= 11 is 0. The Morgan fingerprint density at radius 2 is 2.05 bits per heavy atom. The van der Waals surface area contributed by atoms with Crippen LogP contribution < -0.4 is 5.32 Å². The fourth-order valence-corrected chi connectivity index (χ4v) is 2.01. The fraction of sp³-hybridized carbons (Fsp3) is 0.143. The van der Waals surface area contributed by atoms with Gasteiger partial charge in [0.05, 0.1) is 23.3 Å². The number of aryl methyl sites for hydroxylation is 1. The largest absolute Gasteiger partial charge is 0.350 e. The van der Waals surface area contributed by atoms with E-state index >= 15 is 0 Å². The van der Waals surface area contributed by atoms with Gasteiger partial charge in [-0.25, -0.2) is 9.37 Å². The van der Waals surface area contributed by atoms with Gasteiger partial charge >= 0.3 is 0 Å². The Morgan fingerprint density at radius 3 is 2.84 bits per heavy atom. The third kappa shape index (κ3) is 2.14. The first-order valence-electron chi connectivity index (χ1n) is 6.00. The average Bonchev–Trinajstić information content (AvgIpc) is 2.75. The first-order chi connectivity index (χ1) is 9.25. The summed E-state index contributed by atoms with van der Waals surface area (Å²) < 4.78 is 15.4. The number of nitrogens with zero attached hydrogens (tertiary/aromatic N) is 3. The van der Waals surface area contributed by atoms with E-state index in [1.807, 2.05) is 35.9 Å². The second kappa shape index (κ2) is 4.68. The molecule has 4 nitrogen and oxygen atoms in total. The van der Waals surface area contributed by atoms with Crippen molar-refractivity contribution >= 4 is 17.0 Å². The van der Waals surface area contributed by atoms with Crippen molar-refractivity contribution in [1.82, 2.24) is 14.5 Å². The predicted octanol–water partition coefficient (Wildman–Crippen LogP) is 2.72. The lowest BCUT2D eigenvalue weighted by molar-refractivity contribution is 0.602. The Hall–Kier alpha value is -2.43. The molecule has 3 aromatic rings. The van der Waals surface area contributed by atoms with E-state index in [9.17, 15) is 4.39 Å². The maximum atomic E-state index is 13.5. The van der Waals surface area contributed by atoms with Gasteiger partial charge in [0.2, 0.25) is 5.95 Å². The van der Waals surface area contributed by atoms with Crippen molar-refractivity contribution in [2.24, 2.45) is 7.05 Å². The van der Waals surface area contributed by atoms with Crippen molar-refractivity contribution in [3.8, 4) is 0 Å². The zero-order valence-corrected chi connectivity index (χ0v) is 10.5. The summed E-state index contributed by atoms with van der Waals surface area (Å²) in [6.45, 7) is 0.309. The highest BCUT2D eigenvalue weighted by Gasteiger charge is 2.08. The number of aromatic nitrogens is 3. The topological polar surface area (TPSA) is 42.7 Å². The van der Waals surface area contributed by atoms with Crippen molar-refractivity contribution in [3.05, 3.63) is 54.1 Å². The molecular formula is C14H13FN4. The van der Waals surface area contributed by atoms with Crippen LogP contribution in [-0.4, -0.2) is 14.5 Å². The molecule has 1 aromatic carbocycles. The van der Waals surface area contributed by atoms with Crippen molar-refractivity contribution in [1.29, 1.82) is 0 Å². The van der Waals surface area contributed by atoms with Crippen LogP contribution in [0.1, 0.15) is 5.69 Å². The Labute approximate surface area is 109 Å². The number of fused-ring (bicyclic) bond motifs is 1. The van der Waals surface area contributed by atoms with E-state index in [2.05, 4.69) is 15.3 Å². The van der Waals surface area contributed by atoms with Crippen LogP contribution in [-0.2, 0) is 13.6 Å². The molecule has 0 amide bonds. The van der Waals surface area contributed by atoms with Crippen LogP contribution in [0.25, 0.3) is 11.0 Å². The summed E-state index contributed by atoms with van der Waals surface area (Å²) in [7, 11) is 1.92. The van der Waals surface area contributed by atoms with E-state index in [-0.39, 0.29) is 5.82 Å². The number of benzene rings is 1. The third-order valence-electron chi connectivity index (χ3n) is 3.04. The summed E-state index contributed by atoms with van der Waals surface area (Å²) in [6.07, 6.45) is 1.58. The highest BCUT2D eigenvalue weighted by Crippen LogP contribution is 2.18. The third-order valence-corrected chi connectivity index (χ3v) is 3.04. The summed E-state index contributed by atoms with van der Waals surface area (Å²) in [4.78, 5) is 8.46. The summed E-state index contributed by atoms with van der Waals surface area (Å²) in [5.74, 6) is 0.389. The standard InChI is InChI=1S/C14H13FN4/c1-19-13-7-3-2-6-11(13)18-14(19)17-9-12-10(15)5-4-8-16-12/h2-8H,9H2,1H3,(H,17,18). The molecule has 0 spiro atoms. The monoisotopic (exact) mass is 256 g/mol. The van der Waals surface area contributed by atoms with Crippen LogP contribution >= 0.6 is 0 Å². The molecule has 19 heavy (non-hydrogen) atoms. The Kier molecular flexibility index (Phi) is 2.87. The molecule has 0 unspecified atom stereocenters. The number of hydrogen-bond acceptors (Lipinski definition) is 3. The van der Waals surface area contributed by atoms with Gasteiger partial charge in [-0.2, -0.15) is 0 Å². The maximum absolute atomic E-state index is 13.5. The van der Waals surface area contributed by atoms with Gasteiger partial charge in [0.15, 0.2) is 0 Å². The number of nitrogens with one attached hydrogen (secondary N) is 1. The van der Waals surface area contributed by atoms with Crippen LogP contribution in [0.4, 0.5) is 10.3 Å². The van der Waals surface area contributed by atoms with Gasteiger partial charge in [0.1, 0.15) is 5.82 Å². The highest BCUT2D eigenvalue weighted by atomic mass is 19.1. The molecule has 0 bridgehead atoms. The van der Waals surface area contributed by atoms with E-state index < -0.39 is 0 Å². The molecule has 0 atom stereocenters. The minimum absolute atomic E-state index is 0.309. The average molecular weight is 256 g/mol. The van der Waals surface area contributed by atoms with Gasteiger partial charge in [-0.05, 0) is 24.3 Å². The summed E-state index contributed by atoms with van der Waals surface area (Å²) in [5.41, 5.74) is 2.33. The molecule has 0 saturated carbocycles. The molecule has 0 radical (unpaired) electrons. The van der Waals surface area contributed by atoms with E-state index in [1.165, 1.54) is 6.07 Å². The molecule has 0 fully saturated rings. The van der Waals surface area contributed by atoms with Crippen LogP contribution in [0.15, 0.2) is 42.6 Å². The molecule has 0 saturated heterocycles. The highest BCUT2D eigenvalue weighted by molar-refractivity contribution is 5.78. The lowest BCUT2D eigenvalue weighted by atomic mass is 10.3. The van der Waals surface area contributed by atoms with Gasteiger partial charge < -0.3 is 9.88 Å². The van der Waals surface area contributed by atoms with E-state index in [1.54, 1.807) is 12.3 Å². The number of hydrogen-bond donors (Lipinski definition) is 1. The van der Waals surface area contributed by atoms with Crippen LogP contribution in [0.5, 0.6) is 0 Å². The van der Waals surface area contributed by atoms with Gasteiger partial charge in [-0.15, -0.1) is 0 Å². The van der Waals surface area contributed by atoms with Crippen molar-refractivity contribution in [2.75, 3.05) is 5.32 Å². The van der Waals surface area contributed by atoms with Crippen molar-refractivity contribution in [3.63, 3.8) is 0 Å². The Bertz CT molecular complexity index is 720. The maximum Gasteiger partial charge on any atom is 0.203 e. The lowest BCUT2D eigenvalue weighted by Gasteiger charge is -2.06. The normalized spacial score (nSPS) is 10.8. The lowest BCUT2D eigenvalue weighted by Crippen LogP contribution is -2.07. The predicted molar refractivity (Wildman–Crippen MR) is 72.2 cm³/mol. The molecule has 96 valence electrons. The molecule has 0 aliphatic heterocycles. The number of halogens is 1. The Morgan fingerprint density at radius 1 is 1.21 bits per heavy atom. The van der Waals surface area contributed by atoms with E-state index in [0.717, 1.165) is 11.0 Å². The van der Waals surface area contributed by atoms with Gasteiger partial charge in [0.25, 0.3) is 0 Å². The molecule has 2 aromatic heterocycles. The minimum Gasteiger partial charge on any atom is -0.350 e. The van der Waals surface area contributed by atoms with Crippen LogP contribution in [0, 0.1) is 5.82 Å². The molecule has 5 heteroatoms. The molecule has 0 aliphatic rings. The van der Waals surface area contributed by atoms with E-state index in [0.29, 0.717) is 18.2 Å². The first kappa shape index (κ1) is 11.6. The molecule has 0 aliphatic carbocycles. The van der Waals surface area contributed by atoms with Gasteiger partial charge in [0, 0.05) is 13.2 Å². The van der Waals surface area contributed by atoms with Crippen LogP contribution in [0.3, 0.4) is 0 Å². The van der Waals surface area contributed by atoms with E-state index in [4.69, 9.17) is 0 Å².